The summed E-state index contributed by atoms with van der Waals surface area (Å²) in [5.41, 5.74) is 7.93. The first kappa shape index (κ1) is 29.0. The molecule has 3 aromatic rings. The number of hydrogen-bond acceptors (Lipinski definition) is 9. The number of carbonyl (C=O) groups excluding carboxylic acids is 3. The number of amides is 3. The molecule has 1 aliphatic heterocycles. The lowest BCUT2D eigenvalue weighted by Gasteiger charge is -2.26. The van der Waals surface area contributed by atoms with Crippen LogP contribution in [0.5, 0.6) is 17.2 Å². The van der Waals surface area contributed by atoms with Gasteiger partial charge in [-0.3, -0.25) is 4.79 Å². The predicted octanol–water partition coefficient (Wildman–Crippen LogP) is 3.23. The fourth-order valence-electron chi connectivity index (χ4n) is 4.42. The molecule has 216 valence electrons. The Kier molecular flexibility index (Phi) is 9.48. The number of carbonyl (C=O) groups is 3. The molecule has 3 aromatic carbocycles. The number of nitrogens with one attached hydrogen (secondary N) is 4. The Morgan fingerprint density at radius 3 is 2.49 bits per heavy atom. The van der Waals surface area contributed by atoms with Gasteiger partial charge < -0.3 is 46.3 Å². The maximum absolute atomic E-state index is 13.1. The van der Waals surface area contributed by atoms with Crippen molar-refractivity contribution in [1.82, 2.24) is 10.6 Å². The van der Waals surface area contributed by atoms with Gasteiger partial charge in [0.05, 0.1) is 49.3 Å². The average Bonchev–Trinajstić information content (AvgIpc) is 3.50. The van der Waals surface area contributed by atoms with Crippen molar-refractivity contribution in [2.45, 2.75) is 31.5 Å². The minimum absolute atomic E-state index is 0.0179. The molecule has 0 radical (unpaired) electrons. The zero-order chi connectivity index (χ0) is 29.4. The van der Waals surface area contributed by atoms with E-state index in [1.807, 2.05) is 0 Å². The normalized spacial score (nSPS) is 14.9. The van der Waals surface area contributed by atoms with E-state index in [0.29, 0.717) is 28.3 Å². The highest BCUT2D eigenvalue weighted by atomic mass is 16.5. The maximum Gasteiger partial charge on any atom is 0.337 e. The number of para-hydroxylation sites is 2. The van der Waals surface area contributed by atoms with Crippen LogP contribution in [0.25, 0.3) is 0 Å². The number of nitrogen functional groups attached to an aromatic ring is 1. The van der Waals surface area contributed by atoms with Crippen LogP contribution in [-0.4, -0.2) is 56.0 Å². The first-order chi connectivity index (χ1) is 19.8. The van der Waals surface area contributed by atoms with Crippen LogP contribution in [0.3, 0.4) is 0 Å². The molecular formula is C29H33N5O7. The number of urea groups is 1. The van der Waals surface area contributed by atoms with E-state index in [-0.39, 0.29) is 35.5 Å². The minimum Gasteiger partial charge on any atom is -0.506 e. The van der Waals surface area contributed by atoms with E-state index in [1.165, 1.54) is 26.4 Å². The Bertz CT molecular complexity index is 1410. The summed E-state index contributed by atoms with van der Waals surface area (Å²) < 4.78 is 16.3. The molecule has 41 heavy (non-hydrogen) atoms. The molecule has 4 rings (SSSR count). The third-order valence-corrected chi connectivity index (χ3v) is 6.48. The highest BCUT2D eigenvalue weighted by Gasteiger charge is 2.28. The van der Waals surface area contributed by atoms with Gasteiger partial charge in [-0.15, -0.1) is 0 Å². The standard InChI is InChI=1S/C29H33N5O7/c1-39-25-14-17(9-11-21(25)33-29(38)32-20-6-3-4-8-23(20)35)15-26(36)34-27(22-7-5-13-31-22)41-24-12-10-18(16-19(24)30)28(37)40-2/h3-4,6,8-12,14,16,22,27,31,35H,5,7,13,15,30H2,1-2H3,(H,34,36)(H2,32,33,38). The van der Waals surface area contributed by atoms with Crippen molar-refractivity contribution < 1.29 is 33.7 Å². The maximum atomic E-state index is 13.1. The number of rotatable bonds is 10. The molecule has 1 heterocycles. The summed E-state index contributed by atoms with van der Waals surface area (Å²) in [6.45, 7) is 0.792. The monoisotopic (exact) mass is 563 g/mol. The van der Waals surface area contributed by atoms with Crippen LogP contribution < -0.4 is 36.5 Å². The Morgan fingerprint density at radius 2 is 1.80 bits per heavy atom. The Morgan fingerprint density at radius 1 is 1.02 bits per heavy atom. The molecule has 1 aliphatic rings. The van der Waals surface area contributed by atoms with Crippen LogP contribution in [0.15, 0.2) is 60.7 Å². The molecule has 0 spiro atoms. The fraction of sp³-hybridized carbons (Fsp3) is 0.276. The molecular weight excluding hydrogens is 530 g/mol. The smallest absolute Gasteiger partial charge is 0.337 e. The third kappa shape index (κ3) is 7.57. The minimum atomic E-state index is -0.711. The van der Waals surface area contributed by atoms with Crippen molar-refractivity contribution in [2.24, 2.45) is 0 Å². The molecule has 7 N–H and O–H groups in total. The summed E-state index contributed by atoms with van der Waals surface area (Å²) in [5, 5.41) is 21.4. The number of aromatic hydroxyl groups is 1. The SMILES string of the molecule is COC(=O)c1ccc(OC(NC(=O)Cc2ccc(NC(=O)Nc3ccccc3O)c(OC)c2)C2CCCN2)c(N)c1. The first-order valence-electron chi connectivity index (χ1n) is 13.0. The fourth-order valence-corrected chi connectivity index (χ4v) is 4.42. The van der Waals surface area contributed by atoms with Gasteiger partial charge in [0.2, 0.25) is 5.91 Å². The van der Waals surface area contributed by atoms with Crippen molar-refractivity contribution in [3.63, 3.8) is 0 Å². The summed E-state index contributed by atoms with van der Waals surface area (Å²) in [6.07, 6.45) is 1.03. The molecule has 1 saturated heterocycles. The zero-order valence-electron chi connectivity index (χ0n) is 22.7. The second-order valence-corrected chi connectivity index (χ2v) is 9.36. The number of phenols is 1. The predicted molar refractivity (Wildman–Crippen MR) is 153 cm³/mol. The molecule has 0 bridgehead atoms. The highest BCUT2D eigenvalue weighted by Crippen LogP contribution is 2.28. The average molecular weight is 564 g/mol. The topological polar surface area (TPSA) is 173 Å². The molecule has 2 unspecified atom stereocenters. The number of ether oxygens (including phenoxy) is 3. The van der Waals surface area contributed by atoms with E-state index in [9.17, 15) is 19.5 Å². The molecule has 2 atom stereocenters. The van der Waals surface area contributed by atoms with Crippen LogP contribution in [-0.2, 0) is 16.0 Å². The molecule has 12 heteroatoms. The van der Waals surface area contributed by atoms with Crippen molar-refractivity contribution in [1.29, 1.82) is 0 Å². The lowest BCUT2D eigenvalue weighted by atomic mass is 10.1. The van der Waals surface area contributed by atoms with Gasteiger partial charge in [0.15, 0.2) is 6.23 Å². The zero-order valence-corrected chi connectivity index (χ0v) is 22.7. The van der Waals surface area contributed by atoms with E-state index < -0.39 is 18.2 Å². The molecule has 0 aliphatic carbocycles. The van der Waals surface area contributed by atoms with Gasteiger partial charge >= 0.3 is 12.0 Å². The van der Waals surface area contributed by atoms with Crippen LogP contribution in [0, 0.1) is 0 Å². The molecule has 0 aromatic heterocycles. The molecule has 0 saturated carbocycles. The summed E-state index contributed by atoms with van der Waals surface area (Å²) >= 11 is 0. The van der Waals surface area contributed by atoms with Gasteiger partial charge in [-0.2, -0.15) is 0 Å². The van der Waals surface area contributed by atoms with Crippen LogP contribution in [0.2, 0.25) is 0 Å². The Hall–Kier alpha value is -4.97. The lowest BCUT2D eigenvalue weighted by Crippen LogP contribution is -2.51. The van der Waals surface area contributed by atoms with Crippen molar-refractivity contribution in [3.8, 4) is 17.2 Å². The van der Waals surface area contributed by atoms with Crippen LogP contribution in [0.4, 0.5) is 21.9 Å². The molecule has 1 fully saturated rings. The van der Waals surface area contributed by atoms with Crippen LogP contribution in [0.1, 0.15) is 28.8 Å². The van der Waals surface area contributed by atoms with E-state index >= 15 is 0 Å². The highest BCUT2D eigenvalue weighted by molar-refractivity contribution is 6.01. The number of phenolic OH excluding ortho intramolecular Hbond substituents is 1. The number of esters is 1. The number of hydrogen-bond donors (Lipinski definition) is 6. The first-order valence-corrected chi connectivity index (χ1v) is 13.0. The van der Waals surface area contributed by atoms with Gasteiger partial charge in [0.1, 0.15) is 17.2 Å². The van der Waals surface area contributed by atoms with Gasteiger partial charge in [0.25, 0.3) is 0 Å². The van der Waals surface area contributed by atoms with Gasteiger partial charge in [-0.05, 0) is 67.4 Å². The number of benzene rings is 3. The summed E-state index contributed by atoms with van der Waals surface area (Å²) in [5.74, 6) is -0.193. The largest absolute Gasteiger partial charge is 0.506 e. The van der Waals surface area contributed by atoms with E-state index in [0.717, 1.165) is 19.4 Å². The van der Waals surface area contributed by atoms with Crippen LogP contribution >= 0.6 is 0 Å². The van der Waals surface area contributed by atoms with Crippen molar-refractivity contribution in [3.05, 3.63) is 71.8 Å². The van der Waals surface area contributed by atoms with Gasteiger partial charge in [-0.25, -0.2) is 9.59 Å². The Balaban J connectivity index is 1.41. The second kappa shape index (κ2) is 13.4. The second-order valence-electron chi connectivity index (χ2n) is 9.36. The van der Waals surface area contributed by atoms with Gasteiger partial charge in [0, 0.05) is 0 Å². The molecule has 3 amide bonds. The lowest BCUT2D eigenvalue weighted by molar-refractivity contribution is -0.123. The van der Waals surface area contributed by atoms with E-state index in [4.69, 9.17) is 19.9 Å². The van der Waals surface area contributed by atoms with Crippen molar-refractivity contribution in [2.75, 3.05) is 37.1 Å². The third-order valence-electron chi connectivity index (χ3n) is 6.48. The summed E-state index contributed by atoms with van der Waals surface area (Å²) in [4.78, 5) is 37.3. The number of methoxy groups -OCH3 is 2. The summed E-state index contributed by atoms with van der Waals surface area (Å²) in [6, 6.07) is 15.2. The number of nitrogens with two attached hydrogens (primary N) is 1. The van der Waals surface area contributed by atoms with Crippen molar-refractivity contribution >= 4 is 35.0 Å². The number of anilines is 3. The van der Waals surface area contributed by atoms with Gasteiger partial charge in [-0.1, -0.05) is 18.2 Å². The summed E-state index contributed by atoms with van der Waals surface area (Å²) in [7, 11) is 2.74. The quantitative estimate of drug-likeness (QED) is 0.0937. The Labute approximate surface area is 237 Å². The molecule has 12 nitrogen and oxygen atoms in total. The van der Waals surface area contributed by atoms with E-state index in [1.54, 1.807) is 48.5 Å². The van der Waals surface area contributed by atoms with E-state index in [2.05, 4.69) is 21.3 Å².